The van der Waals surface area contributed by atoms with Crippen molar-refractivity contribution in [3.63, 3.8) is 0 Å². The smallest absolute Gasteiger partial charge is 0.0173 e. The van der Waals surface area contributed by atoms with Crippen LogP contribution in [-0.4, -0.2) is 16.6 Å². The fourth-order valence-corrected chi connectivity index (χ4v) is 3.06. The summed E-state index contributed by atoms with van der Waals surface area (Å²) in [6.07, 6.45) is 0. The van der Waals surface area contributed by atoms with Crippen molar-refractivity contribution in [2.45, 2.75) is 92.8 Å². The van der Waals surface area contributed by atoms with Gasteiger partial charge in [0, 0.05) is 16.6 Å². The molecule has 0 amide bonds. The van der Waals surface area contributed by atoms with Gasteiger partial charge in [-0.05, 0) is 58.8 Å². The molecule has 2 heteroatoms. The molecule has 2 unspecified atom stereocenters. The molecule has 0 fully saturated rings. The van der Waals surface area contributed by atoms with E-state index >= 15 is 0 Å². The number of rotatable bonds is 5. The van der Waals surface area contributed by atoms with Crippen molar-refractivity contribution in [3.05, 3.63) is 0 Å². The second-order valence-corrected chi connectivity index (χ2v) is 9.20. The summed E-state index contributed by atoms with van der Waals surface area (Å²) < 4.78 is 0. The Morgan fingerprint density at radius 2 is 1.00 bits per heavy atom. The quantitative estimate of drug-likeness (QED) is 0.786. The van der Waals surface area contributed by atoms with E-state index in [1.165, 1.54) is 0 Å². The second kappa shape index (κ2) is 5.37. The lowest BCUT2D eigenvalue weighted by Crippen LogP contribution is -2.64. The van der Waals surface area contributed by atoms with Crippen LogP contribution in [-0.2, 0) is 0 Å². The van der Waals surface area contributed by atoms with E-state index in [9.17, 15) is 0 Å². The third-order valence-electron chi connectivity index (χ3n) is 5.22. The number of nitrogens with one attached hydrogen (secondary N) is 1. The highest BCUT2D eigenvalue weighted by atomic mass is 15.1. The van der Waals surface area contributed by atoms with Crippen molar-refractivity contribution in [1.82, 2.24) is 5.32 Å². The maximum absolute atomic E-state index is 6.31. The Morgan fingerprint density at radius 3 is 1.26 bits per heavy atom. The van der Waals surface area contributed by atoms with E-state index in [0.717, 1.165) is 0 Å². The zero-order chi connectivity index (χ0) is 15.9. The fraction of sp³-hybridized carbons (Fsp3) is 1.00. The molecule has 0 aliphatic heterocycles. The predicted octanol–water partition coefficient (Wildman–Crippen LogP) is 4.19. The van der Waals surface area contributed by atoms with Gasteiger partial charge in [-0.3, -0.25) is 0 Å². The summed E-state index contributed by atoms with van der Waals surface area (Å²) in [6, 6.07) is 0. The van der Waals surface area contributed by atoms with Crippen LogP contribution in [0.25, 0.3) is 0 Å². The molecule has 0 bridgehead atoms. The largest absolute Gasteiger partial charge is 0.325 e. The molecule has 0 radical (unpaired) electrons. The average molecular weight is 271 g/mol. The molecular weight excluding hydrogens is 232 g/mol. The Morgan fingerprint density at radius 1 is 0.684 bits per heavy atom. The van der Waals surface area contributed by atoms with Crippen molar-refractivity contribution in [1.29, 1.82) is 0 Å². The molecule has 3 N–H and O–H groups in total. The van der Waals surface area contributed by atoms with Crippen molar-refractivity contribution < 1.29 is 0 Å². The minimum atomic E-state index is -0.183. The van der Waals surface area contributed by atoms with Crippen molar-refractivity contribution >= 4 is 0 Å². The number of hydrogen-bond acceptors (Lipinski definition) is 2. The van der Waals surface area contributed by atoms with Gasteiger partial charge in [0.25, 0.3) is 0 Å². The Labute approximate surface area is 121 Å². The number of hydrogen-bond donors (Lipinski definition) is 2. The second-order valence-electron chi connectivity index (χ2n) is 9.20. The third-order valence-corrected chi connectivity index (χ3v) is 5.22. The topological polar surface area (TPSA) is 38.0 Å². The molecule has 0 saturated carbocycles. The minimum absolute atomic E-state index is 0.00125. The molecule has 0 aromatic carbocycles. The molecule has 0 aliphatic rings. The van der Waals surface area contributed by atoms with Crippen LogP contribution < -0.4 is 11.1 Å². The van der Waals surface area contributed by atoms with E-state index in [0.29, 0.717) is 11.8 Å². The van der Waals surface area contributed by atoms with Gasteiger partial charge in [-0.25, -0.2) is 0 Å². The standard InChI is InChI=1S/C17H38N2/c1-12(14(3,4)5)16(8,9)19-17(10,11)13(2)15(6,7)18/h12-13,19H,18H2,1-11H3. The molecule has 19 heavy (non-hydrogen) atoms. The lowest BCUT2D eigenvalue weighted by Gasteiger charge is -2.50. The van der Waals surface area contributed by atoms with Crippen LogP contribution in [0.5, 0.6) is 0 Å². The molecule has 0 heterocycles. The molecule has 0 aromatic heterocycles. The van der Waals surface area contributed by atoms with Gasteiger partial charge in [-0.1, -0.05) is 34.6 Å². The van der Waals surface area contributed by atoms with Crippen LogP contribution in [0.4, 0.5) is 0 Å². The maximum atomic E-state index is 6.31. The SMILES string of the molecule is CC(C(C)(C)C)C(C)(C)NC(C)(C)C(C)C(C)(C)N. The van der Waals surface area contributed by atoms with Gasteiger partial charge >= 0.3 is 0 Å². The van der Waals surface area contributed by atoms with Gasteiger partial charge in [0.1, 0.15) is 0 Å². The molecule has 0 aliphatic carbocycles. The van der Waals surface area contributed by atoms with Crippen LogP contribution in [0.2, 0.25) is 0 Å². The maximum Gasteiger partial charge on any atom is 0.0173 e. The van der Waals surface area contributed by atoms with Crippen LogP contribution in [0.3, 0.4) is 0 Å². The molecule has 0 rings (SSSR count). The van der Waals surface area contributed by atoms with E-state index in [-0.39, 0.29) is 22.0 Å². The van der Waals surface area contributed by atoms with E-state index in [2.05, 4.69) is 81.5 Å². The average Bonchev–Trinajstić information content (AvgIpc) is 2.10. The zero-order valence-corrected chi connectivity index (χ0v) is 15.2. The first kappa shape index (κ1) is 18.9. The first-order valence-corrected chi connectivity index (χ1v) is 7.60. The molecule has 2 atom stereocenters. The molecule has 0 saturated heterocycles. The highest BCUT2D eigenvalue weighted by Crippen LogP contribution is 2.37. The van der Waals surface area contributed by atoms with E-state index in [1.807, 2.05) is 0 Å². The summed E-state index contributed by atoms with van der Waals surface area (Å²) >= 11 is 0. The predicted molar refractivity (Wildman–Crippen MR) is 87.3 cm³/mol. The molecule has 116 valence electrons. The van der Waals surface area contributed by atoms with E-state index < -0.39 is 0 Å². The molecule has 0 spiro atoms. The minimum Gasteiger partial charge on any atom is -0.325 e. The van der Waals surface area contributed by atoms with Crippen LogP contribution in [0.1, 0.15) is 76.2 Å². The lowest BCUT2D eigenvalue weighted by atomic mass is 9.69. The van der Waals surface area contributed by atoms with Gasteiger partial charge in [0.15, 0.2) is 0 Å². The summed E-state index contributed by atoms with van der Waals surface area (Å²) in [5.74, 6) is 0.943. The Bertz CT molecular complexity index is 259. The van der Waals surface area contributed by atoms with Gasteiger partial charge in [0.2, 0.25) is 0 Å². The monoisotopic (exact) mass is 270 g/mol. The van der Waals surface area contributed by atoms with Crippen LogP contribution in [0, 0.1) is 17.3 Å². The first-order chi connectivity index (χ1) is 8.02. The third kappa shape index (κ3) is 5.07. The lowest BCUT2D eigenvalue weighted by molar-refractivity contribution is 0.0744. The van der Waals surface area contributed by atoms with Crippen LogP contribution in [0.15, 0.2) is 0 Å². The highest BCUT2D eigenvalue weighted by Gasteiger charge is 2.42. The Balaban J connectivity index is 5.11. The van der Waals surface area contributed by atoms with Crippen LogP contribution >= 0.6 is 0 Å². The summed E-state index contributed by atoms with van der Waals surface area (Å²) in [6.45, 7) is 24.9. The van der Waals surface area contributed by atoms with E-state index in [4.69, 9.17) is 5.73 Å². The van der Waals surface area contributed by atoms with E-state index in [1.54, 1.807) is 0 Å². The van der Waals surface area contributed by atoms with Gasteiger partial charge in [0.05, 0.1) is 0 Å². The Hall–Kier alpha value is -0.0800. The van der Waals surface area contributed by atoms with Gasteiger partial charge in [-0.15, -0.1) is 0 Å². The van der Waals surface area contributed by atoms with Gasteiger partial charge in [-0.2, -0.15) is 0 Å². The first-order valence-electron chi connectivity index (χ1n) is 7.60. The molecule has 2 nitrogen and oxygen atoms in total. The molecule has 0 aromatic rings. The Kier molecular flexibility index (Phi) is 5.34. The normalized spacial score (nSPS) is 18.3. The van der Waals surface area contributed by atoms with Crippen molar-refractivity contribution in [2.75, 3.05) is 0 Å². The zero-order valence-electron chi connectivity index (χ0n) is 15.2. The summed E-state index contributed by atoms with van der Waals surface area (Å²) in [5, 5.41) is 3.87. The van der Waals surface area contributed by atoms with Crippen molar-refractivity contribution in [2.24, 2.45) is 23.0 Å². The summed E-state index contributed by atoms with van der Waals surface area (Å²) in [7, 11) is 0. The summed E-state index contributed by atoms with van der Waals surface area (Å²) in [4.78, 5) is 0. The highest BCUT2D eigenvalue weighted by molar-refractivity contribution is 5.01. The van der Waals surface area contributed by atoms with Gasteiger partial charge < -0.3 is 11.1 Å². The molecular formula is C17H38N2. The number of nitrogens with two attached hydrogens (primary N) is 1. The fourth-order valence-electron chi connectivity index (χ4n) is 3.06. The van der Waals surface area contributed by atoms with Crippen molar-refractivity contribution in [3.8, 4) is 0 Å². The summed E-state index contributed by atoms with van der Waals surface area (Å²) in [5.41, 5.74) is 6.48.